The Labute approximate surface area is 194 Å². The van der Waals surface area contributed by atoms with Gasteiger partial charge < -0.3 is 4.57 Å². The van der Waals surface area contributed by atoms with Crippen molar-refractivity contribution in [2.24, 2.45) is 0 Å². The van der Waals surface area contributed by atoms with Crippen LogP contribution in [-0.4, -0.2) is 22.4 Å². The summed E-state index contributed by atoms with van der Waals surface area (Å²) in [4.78, 5) is 39.1. The number of aromatic nitrogens is 1. The number of hydrogen-bond acceptors (Lipinski definition) is 3. The number of halogens is 1. The smallest absolute Gasteiger partial charge is 0.318 e. The maximum atomic E-state index is 13.2. The molecule has 1 fully saturated rings. The van der Waals surface area contributed by atoms with Gasteiger partial charge in [-0.15, -0.1) is 0 Å². The lowest BCUT2D eigenvalue weighted by molar-refractivity contribution is -0.122. The summed E-state index contributed by atoms with van der Waals surface area (Å²) in [6.45, 7) is 6.05. The molecule has 6 nitrogen and oxygen atoms in total. The zero-order valence-corrected chi connectivity index (χ0v) is 19.6. The molecule has 0 aliphatic carbocycles. The third kappa shape index (κ3) is 3.80. The predicted octanol–water partition coefficient (Wildman–Crippen LogP) is 5.09. The number of barbiturate groups is 1. The van der Waals surface area contributed by atoms with E-state index in [4.69, 9.17) is 0 Å². The molecular formula is C25H22BrN3O3. The highest BCUT2D eigenvalue weighted by atomic mass is 79.9. The highest BCUT2D eigenvalue weighted by Crippen LogP contribution is 2.28. The first-order valence-electron chi connectivity index (χ1n) is 10.3. The average molecular weight is 492 g/mol. The Balaban J connectivity index is 1.78. The van der Waals surface area contributed by atoms with Crippen LogP contribution in [0.25, 0.3) is 11.8 Å². The van der Waals surface area contributed by atoms with E-state index in [9.17, 15) is 14.4 Å². The molecule has 162 valence electrons. The van der Waals surface area contributed by atoms with E-state index in [2.05, 4.69) is 44.9 Å². The lowest BCUT2D eigenvalue weighted by Gasteiger charge is -2.26. The van der Waals surface area contributed by atoms with Crippen molar-refractivity contribution in [3.63, 3.8) is 0 Å². The number of carbonyl (C=O) groups is 3. The summed E-state index contributed by atoms with van der Waals surface area (Å²) < 4.78 is 2.94. The van der Waals surface area contributed by atoms with Crippen LogP contribution >= 0.6 is 15.9 Å². The van der Waals surface area contributed by atoms with Crippen molar-refractivity contribution < 1.29 is 14.4 Å². The number of anilines is 1. The highest BCUT2D eigenvalue weighted by molar-refractivity contribution is 9.10. The second-order valence-corrected chi connectivity index (χ2v) is 8.49. The lowest BCUT2D eigenvalue weighted by atomic mass is 10.1. The van der Waals surface area contributed by atoms with Crippen molar-refractivity contribution in [3.8, 4) is 5.69 Å². The van der Waals surface area contributed by atoms with Gasteiger partial charge in [-0.3, -0.25) is 14.9 Å². The molecule has 1 aliphatic heterocycles. The molecule has 0 saturated carbocycles. The molecule has 2 aromatic carbocycles. The fourth-order valence-electron chi connectivity index (χ4n) is 3.97. The largest absolute Gasteiger partial charge is 0.335 e. The second-order valence-electron chi connectivity index (χ2n) is 7.58. The number of para-hydroxylation sites is 1. The summed E-state index contributed by atoms with van der Waals surface area (Å²) in [5.41, 5.74) is 5.21. The van der Waals surface area contributed by atoms with Gasteiger partial charge in [0.2, 0.25) is 0 Å². The maximum Gasteiger partial charge on any atom is 0.335 e. The first-order valence-corrected chi connectivity index (χ1v) is 11.1. The minimum absolute atomic E-state index is 0.0865. The van der Waals surface area contributed by atoms with Crippen LogP contribution < -0.4 is 10.2 Å². The van der Waals surface area contributed by atoms with Crippen LogP contribution in [0.4, 0.5) is 10.5 Å². The summed E-state index contributed by atoms with van der Waals surface area (Å²) in [7, 11) is 0. The van der Waals surface area contributed by atoms with E-state index < -0.39 is 17.8 Å². The molecule has 3 aromatic rings. The fraction of sp³-hybridized carbons (Fsp3) is 0.160. The van der Waals surface area contributed by atoms with Crippen molar-refractivity contribution in [2.45, 2.75) is 27.2 Å². The van der Waals surface area contributed by atoms with Crippen LogP contribution in [0.1, 0.15) is 29.4 Å². The molecule has 0 bridgehead atoms. The first kappa shape index (κ1) is 21.8. The first-order chi connectivity index (χ1) is 15.3. The van der Waals surface area contributed by atoms with Crippen LogP contribution in [0.3, 0.4) is 0 Å². The van der Waals surface area contributed by atoms with Crippen LogP contribution in [0.15, 0.2) is 64.6 Å². The van der Waals surface area contributed by atoms with Crippen molar-refractivity contribution in [1.29, 1.82) is 0 Å². The van der Waals surface area contributed by atoms with E-state index in [0.29, 0.717) is 5.69 Å². The summed E-state index contributed by atoms with van der Waals surface area (Å²) in [6.07, 6.45) is 2.44. The summed E-state index contributed by atoms with van der Waals surface area (Å²) in [5.74, 6) is -1.35. The van der Waals surface area contributed by atoms with Crippen molar-refractivity contribution in [2.75, 3.05) is 4.90 Å². The SMILES string of the molecule is CCc1ccccc1-n1c(C)cc(/C=C2\C(=O)NC(=O)N(c3ccc(Br)cc3)C2=O)c1C. The van der Waals surface area contributed by atoms with Gasteiger partial charge in [0.1, 0.15) is 5.57 Å². The number of carbonyl (C=O) groups excluding carboxylic acids is 3. The quantitative estimate of drug-likeness (QED) is 0.408. The minimum Gasteiger partial charge on any atom is -0.318 e. The van der Waals surface area contributed by atoms with E-state index in [1.54, 1.807) is 30.3 Å². The molecule has 0 radical (unpaired) electrons. The van der Waals surface area contributed by atoms with Crippen LogP contribution in [0, 0.1) is 13.8 Å². The van der Waals surface area contributed by atoms with Crippen molar-refractivity contribution in [1.82, 2.24) is 9.88 Å². The van der Waals surface area contributed by atoms with Gasteiger partial charge >= 0.3 is 6.03 Å². The molecule has 1 aliphatic rings. The summed E-state index contributed by atoms with van der Waals surface area (Å²) in [5, 5.41) is 2.27. The number of amides is 4. The number of hydrogen-bond donors (Lipinski definition) is 1. The Bertz CT molecular complexity index is 1270. The van der Waals surface area contributed by atoms with Gasteiger partial charge in [0.25, 0.3) is 11.8 Å². The van der Waals surface area contributed by atoms with Crippen LogP contribution in [-0.2, 0) is 16.0 Å². The van der Waals surface area contributed by atoms with Crippen LogP contribution in [0.5, 0.6) is 0 Å². The van der Waals surface area contributed by atoms with Gasteiger partial charge in [-0.25, -0.2) is 9.69 Å². The number of benzene rings is 2. The van der Waals surface area contributed by atoms with E-state index in [-0.39, 0.29) is 5.57 Å². The Morgan fingerprint density at radius 3 is 2.38 bits per heavy atom. The number of nitrogens with one attached hydrogen (secondary N) is 1. The maximum absolute atomic E-state index is 13.2. The standard InChI is InChI=1S/C25H22BrN3O3/c1-4-17-7-5-6-8-22(17)28-15(2)13-18(16(28)3)14-21-23(30)27-25(32)29(24(21)31)20-11-9-19(26)10-12-20/h5-14H,4H2,1-3H3,(H,27,30,32)/b21-14+. The number of nitrogens with zero attached hydrogens (tertiary/aromatic N) is 2. The normalized spacial score (nSPS) is 15.4. The van der Waals surface area contributed by atoms with Gasteiger partial charge in [-0.2, -0.15) is 0 Å². The summed E-state index contributed by atoms with van der Waals surface area (Å²) in [6, 6.07) is 16.1. The fourth-order valence-corrected chi connectivity index (χ4v) is 4.23. The number of urea groups is 1. The van der Waals surface area contributed by atoms with Gasteiger partial charge in [-0.05, 0) is 73.9 Å². The molecule has 7 heteroatoms. The molecule has 1 N–H and O–H groups in total. The minimum atomic E-state index is -0.762. The molecule has 1 aromatic heterocycles. The third-order valence-corrected chi connectivity index (χ3v) is 6.10. The molecule has 0 unspecified atom stereocenters. The molecule has 4 rings (SSSR count). The zero-order valence-electron chi connectivity index (χ0n) is 18.0. The Morgan fingerprint density at radius 2 is 1.69 bits per heavy atom. The Morgan fingerprint density at radius 1 is 1.00 bits per heavy atom. The van der Waals surface area contributed by atoms with Gasteiger partial charge in [0.15, 0.2) is 0 Å². The van der Waals surface area contributed by atoms with Gasteiger partial charge in [0.05, 0.1) is 5.69 Å². The van der Waals surface area contributed by atoms with Gasteiger partial charge in [0, 0.05) is 21.5 Å². The number of aryl methyl sites for hydroxylation is 2. The molecule has 0 atom stereocenters. The zero-order chi connectivity index (χ0) is 23.0. The topological polar surface area (TPSA) is 71.4 Å². The van der Waals surface area contributed by atoms with Crippen LogP contribution in [0.2, 0.25) is 0 Å². The molecule has 1 saturated heterocycles. The highest BCUT2D eigenvalue weighted by Gasteiger charge is 2.37. The van der Waals surface area contributed by atoms with E-state index in [1.165, 1.54) is 5.56 Å². The van der Waals surface area contributed by atoms with Gasteiger partial charge in [-0.1, -0.05) is 41.1 Å². The molecular weight excluding hydrogens is 470 g/mol. The number of imide groups is 2. The molecule has 32 heavy (non-hydrogen) atoms. The predicted molar refractivity (Wildman–Crippen MR) is 128 cm³/mol. The van der Waals surface area contributed by atoms with Crippen molar-refractivity contribution >= 4 is 45.5 Å². The molecule has 2 heterocycles. The molecule has 0 spiro atoms. The Hall–Kier alpha value is -3.45. The number of rotatable bonds is 4. The van der Waals surface area contributed by atoms with E-state index in [0.717, 1.165) is 38.4 Å². The summed E-state index contributed by atoms with van der Waals surface area (Å²) >= 11 is 3.34. The Kier molecular flexibility index (Phi) is 5.84. The van der Waals surface area contributed by atoms with E-state index >= 15 is 0 Å². The average Bonchev–Trinajstić information content (AvgIpc) is 3.05. The van der Waals surface area contributed by atoms with E-state index in [1.807, 2.05) is 32.0 Å². The second kappa shape index (κ2) is 8.59. The molecule has 4 amide bonds. The monoisotopic (exact) mass is 491 g/mol. The lowest BCUT2D eigenvalue weighted by Crippen LogP contribution is -2.54. The van der Waals surface area contributed by atoms with Crippen molar-refractivity contribution in [3.05, 3.63) is 87.2 Å². The third-order valence-electron chi connectivity index (χ3n) is 5.57.